The lowest BCUT2D eigenvalue weighted by molar-refractivity contribution is -0.128. The number of halogens is 1. The predicted molar refractivity (Wildman–Crippen MR) is 134 cm³/mol. The van der Waals surface area contributed by atoms with Gasteiger partial charge in [0.2, 0.25) is 5.91 Å². The highest BCUT2D eigenvalue weighted by molar-refractivity contribution is 8.26. The van der Waals surface area contributed by atoms with Gasteiger partial charge in [-0.3, -0.25) is 14.5 Å². The van der Waals surface area contributed by atoms with E-state index in [2.05, 4.69) is 5.32 Å². The third-order valence-corrected chi connectivity index (χ3v) is 6.55. The molecule has 2 heterocycles. The minimum Gasteiger partial charge on any atom is -0.497 e. The molecule has 168 valence electrons. The highest BCUT2D eigenvalue weighted by Gasteiger charge is 2.33. The molecule has 0 radical (unpaired) electrons. The molecular weight excluding hydrogens is 480 g/mol. The third-order valence-electron chi connectivity index (χ3n) is 4.84. The number of hydrogen-bond donors (Lipinski definition) is 1. The van der Waals surface area contributed by atoms with E-state index in [4.69, 9.17) is 33.0 Å². The van der Waals surface area contributed by atoms with Crippen molar-refractivity contribution < 1.29 is 18.7 Å². The number of ether oxygens (including phenoxy) is 1. The molecule has 4 rings (SSSR count). The highest BCUT2D eigenvalue weighted by atomic mass is 35.5. The Labute approximate surface area is 205 Å². The SMILES string of the molecule is COc1cccc(CNC(=O)CN2C(=O)C(=Cc3ccc(-c4ccccc4Cl)o3)SC2=S)c1. The molecule has 0 aliphatic carbocycles. The van der Waals surface area contributed by atoms with Crippen LogP contribution in [-0.2, 0) is 16.1 Å². The van der Waals surface area contributed by atoms with Crippen LogP contribution in [0.1, 0.15) is 11.3 Å². The number of nitrogens with one attached hydrogen (secondary N) is 1. The van der Waals surface area contributed by atoms with Crippen LogP contribution in [0.2, 0.25) is 5.02 Å². The Balaban J connectivity index is 1.40. The largest absolute Gasteiger partial charge is 0.497 e. The standard InChI is InChI=1S/C24H19ClN2O4S2/c1-30-16-6-4-5-15(11-16)13-26-22(28)14-27-23(29)21(33-24(27)32)12-17-9-10-20(31-17)18-7-2-3-8-19(18)25/h2-12H,13-14H2,1H3,(H,26,28). The minimum atomic E-state index is -0.336. The molecule has 1 fully saturated rings. The van der Waals surface area contributed by atoms with E-state index in [1.807, 2.05) is 42.5 Å². The van der Waals surface area contributed by atoms with Crippen molar-refractivity contribution in [2.75, 3.05) is 13.7 Å². The van der Waals surface area contributed by atoms with Crippen LogP contribution in [0.5, 0.6) is 5.75 Å². The molecular formula is C24H19ClN2O4S2. The Bertz CT molecular complexity index is 1250. The van der Waals surface area contributed by atoms with Gasteiger partial charge in [0.25, 0.3) is 5.91 Å². The molecule has 2 amide bonds. The molecule has 1 N–H and O–H groups in total. The normalized spacial score (nSPS) is 14.7. The van der Waals surface area contributed by atoms with E-state index in [1.54, 1.807) is 31.4 Å². The van der Waals surface area contributed by atoms with Crippen molar-refractivity contribution in [1.29, 1.82) is 0 Å². The van der Waals surface area contributed by atoms with Gasteiger partial charge in [0, 0.05) is 18.2 Å². The number of hydrogen-bond acceptors (Lipinski definition) is 6. The third kappa shape index (κ3) is 5.47. The van der Waals surface area contributed by atoms with Crippen LogP contribution >= 0.6 is 35.6 Å². The second-order valence-corrected chi connectivity index (χ2v) is 9.16. The molecule has 33 heavy (non-hydrogen) atoms. The van der Waals surface area contributed by atoms with Gasteiger partial charge in [0.05, 0.1) is 17.0 Å². The van der Waals surface area contributed by atoms with Crippen LogP contribution < -0.4 is 10.1 Å². The molecule has 0 spiro atoms. The average molecular weight is 499 g/mol. The van der Waals surface area contributed by atoms with Crippen LogP contribution in [0.3, 0.4) is 0 Å². The maximum Gasteiger partial charge on any atom is 0.266 e. The second kappa shape index (κ2) is 10.2. The molecule has 3 aromatic rings. The summed E-state index contributed by atoms with van der Waals surface area (Å²) in [6.07, 6.45) is 1.62. The maximum absolute atomic E-state index is 12.8. The summed E-state index contributed by atoms with van der Waals surface area (Å²) < 4.78 is 11.3. The van der Waals surface area contributed by atoms with Gasteiger partial charge in [-0.1, -0.05) is 59.8 Å². The van der Waals surface area contributed by atoms with Crippen LogP contribution in [0.15, 0.2) is 70.0 Å². The maximum atomic E-state index is 12.8. The first-order chi connectivity index (χ1) is 15.9. The Morgan fingerprint density at radius 1 is 1.21 bits per heavy atom. The summed E-state index contributed by atoms with van der Waals surface area (Å²) in [7, 11) is 1.58. The number of benzene rings is 2. The number of thioether (sulfide) groups is 1. The van der Waals surface area contributed by atoms with Crippen molar-refractivity contribution in [3.8, 4) is 17.1 Å². The topological polar surface area (TPSA) is 71.8 Å². The summed E-state index contributed by atoms with van der Waals surface area (Å²) in [6.45, 7) is 0.160. The quantitative estimate of drug-likeness (QED) is 0.360. The lowest BCUT2D eigenvalue weighted by Gasteiger charge is -2.14. The molecule has 1 aromatic heterocycles. The molecule has 0 atom stereocenters. The first kappa shape index (κ1) is 23.1. The molecule has 1 aliphatic heterocycles. The van der Waals surface area contributed by atoms with E-state index < -0.39 is 0 Å². The van der Waals surface area contributed by atoms with Gasteiger partial charge in [-0.2, -0.15) is 0 Å². The van der Waals surface area contributed by atoms with Crippen molar-refractivity contribution in [2.45, 2.75) is 6.54 Å². The molecule has 9 heteroatoms. The zero-order chi connectivity index (χ0) is 23.4. The molecule has 1 aliphatic rings. The van der Waals surface area contributed by atoms with Gasteiger partial charge in [-0.15, -0.1) is 0 Å². The predicted octanol–water partition coefficient (Wildman–Crippen LogP) is 5.13. The fourth-order valence-corrected chi connectivity index (χ4v) is 4.65. The second-order valence-electron chi connectivity index (χ2n) is 7.08. The first-order valence-electron chi connectivity index (χ1n) is 9.94. The van der Waals surface area contributed by atoms with E-state index in [0.717, 1.165) is 22.9 Å². The summed E-state index contributed by atoms with van der Waals surface area (Å²) in [5, 5.41) is 3.38. The van der Waals surface area contributed by atoms with Gasteiger partial charge in [0.1, 0.15) is 28.1 Å². The van der Waals surface area contributed by atoms with Gasteiger partial charge in [0.15, 0.2) is 0 Å². The summed E-state index contributed by atoms with van der Waals surface area (Å²) >= 11 is 12.7. The Hall–Kier alpha value is -3.07. The van der Waals surface area contributed by atoms with E-state index >= 15 is 0 Å². The first-order valence-corrected chi connectivity index (χ1v) is 11.5. The number of amides is 2. The number of rotatable bonds is 7. The summed E-state index contributed by atoms with van der Waals surface area (Å²) in [5.74, 6) is 1.15. The van der Waals surface area contributed by atoms with Crippen LogP contribution in [0.25, 0.3) is 17.4 Å². The van der Waals surface area contributed by atoms with Crippen molar-refractivity contribution in [3.05, 3.63) is 81.9 Å². The highest BCUT2D eigenvalue weighted by Crippen LogP contribution is 2.34. The zero-order valence-corrected chi connectivity index (χ0v) is 19.9. The molecule has 2 aromatic carbocycles. The molecule has 6 nitrogen and oxygen atoms in total. The Morgan fingerprint density at radius 3 is 2.82 bits per heavy atom. The van der Waals surface area contributed by atoms with Crippen LogP contribution in [-0.4, -0.2) is 34.7 Å². The molecule has 1 saturated heterocycles. The summed E-state index contributed by atoms with van der Waals surface area (Å²) in [5.41, 5.74) is 1.65. The summed E-state index contributed by atoms with van der Waals surface area (Å²) in [4.78, 5) is 26.9. The lowest BCUT2D eigenvalue weighted by atomic mass is 10.2. The lowest BCUT2D eigenvalue weighted by Crippen LogP contribution is -2.39. The van der Waals surface area contributed by atoms with E-state index in [9.17, 15) is 9.59 Å². The molecule has 0 unspecified atom stereocenters. The van der Waals surface area contributed by atoms with Crippen LogP contribution in [0.4, 0.5) is 0 Å². The number of carbonyl (C=O) groups excluding carboxylic acids is 2. The Morgan fingerprint density at radius 2 is 2.03 bits per heavy atom. The number of nitrogens with zero attached hydrogens (tertiary/aromatic N) is 1. The molecule has 0 bridgehead atoms. The van der Waals surface area contributed by atoms with Gasteiger partial charge >= 0.3 is 0 Å². The monoisotopic (exact) mass is 498 g/mol. The van der Waals surface area contributed by atoms with Gasteiger partial charge in [-0.25, -0.2) is 0 Å². The van der Waals surface area contributed by atoms with Crippen molar-refractivity contribution in [3.63, 3.8) is 0 Å². The van der Waals surface area contributed by atoms with E-state index in [0.29, 0.717) is 38.1 Å². The van der Waals surface area contributed by atoms with Crippen LogP contribution in [0, 0.1) is 0 Å². The van der Waals surface area contributed by atoms with Crippen molar-refractivity contribution >= 4 is 57.8 Å². The van der Waals surface area contributed by atoms with Gasteiger partial charge < -0.3 is 14.5 Å². The fourth-order valence-electron chi connectivity index (χ4n) is 3.18. The number of thiocarbonyl (C=S) groups is 1. The smallest absolute Gasteiger partial charge is 0.266 e. The molecule has 0 saturated carbocycles. The Kier molecular flexibility index (Phi) is 7.17. The number of furan rings is 1. The summed E-state index contributed by atoms with van der Waals surface area (Å²) in [6, 6.07) is 18.3. The van der Waals surface area contributed by atoms with Crippen molar-refractivity contribution in [1.82, 2.24) is 10.2 Å². The van der Waals surface area contributed by atoms with E-state index in [-0.39, 0.29) is 18.4 Å². The fraction of sp³-hybridized carbons (Fsp3) is 0.125. The van der Waals surface area contributed by atoms with Crippen molar-refractivity contribution in [2.24, 2.45) is 0 Å². The zero-order valence-electron chi connectivity index (χ0n) is 17.5. The van der Waals surface area contributed by atoms with E-state index in [1.165, 1.54) is 4.90 Å². The minimum absolute atomic E-state index is 0.158. The average Bonchev–Trinajstić information content (AvgIpc) is 3.38. The number of methoxy groups -OCH3 is 1. The number of carbonyl (C=O) groups is 2. The van der Waals surface area contributed by atoms with Gasteiger partial charge in [-0.05, 0) is 42.0 Å².